The number of methoxy groups -OCH3 is 2. The van der Waals surface area contributed by atoms with Crippen LogP contribution in [0.5, 0.6) is 11.5 Å². The van der Waals surface area contributed by atoms with E-state index >= 15 is 0 Å². The molecule has 0 unspecified atom stereocenters. The summed E-state index contributed by atoms with van der Waals surface area (Å²) in [6.45, 7) is 2.72. The molecule has 0 fully saturated rings. The van der Waals surface area contributed by atoms with Crippen molar-refractivity contribution < 1.29 is 14.3 Å². The SMILES string of the molecule is CCN1C(=O)C=C2Cc3cc(OC)cc(OC)c3[C@H]3C=Cc4ccccc4[C@@]231. The summed E-state index contributed by atoms with van der Waals surface area (Å²) < 4.78 is 11.3. The number of rotatable bonds is 3. The van der Waals surface area contributed by atoms with Crippen LogP contribution < -0.4 is 9.47 Å². The smallest absolute Gasteiger partial charge is 0.247 e. The molecule has 2 aromatic carbocycles. The summed E-state index contributed by atoms with van der Waals surface area (Å²) in [4.78, 5) is 15.1. The summed E-state index contributed by atoms with van der Waals surface area (Å²) in [7, 11) is 3.37. The van der Waals surface area contributed by atoms with Gasteiger partial charge >= 0.3 is 0 Å². The highest BCUT2D eigenvalue weighted by Crippen LogP contribution is 2.60. The number of carbonyl (C=O) groups is 1. The first-order valence-electron chi connectivity index (χ1n) is 9.70. The van der Waals surface area contributed by atoms with Gasteiger partial charge in [-0.15, -0.1) is 0 Å². The van der Waals surface area contributed by atoms with Crippen molar-refractivity contribution in [2.24, 2.45) is 0 Å². The lowest BCUT2D eigenvalue weighted by Gasteiger charge is -2.51. The summed E-state index contributed by atoms with van der Waals surface area (Å²) in [5, 5.41) is 0. The number of fused-ring (bicyclic) bond motifs is 3. The van der Waals surface area contributed by atoms with Gasteiger partial charge in [-0.3, -0.25) is 4.79 Å². The van der Waals surface area contributed by atoms with E-state index in [1.807, 2.05) is 17.0 Å². The van der Waals surface area contributed by atoms with Gasteiger partial charge in [0.2, 0.25) is 5.91 Å². The summed E-state index contributed by atoms with van der Waals surface area (Å²) in [5.74, 6) is 1.69. The molecule has 1 amide bonds. The number of ether oxygens (including phenoxy) is 2. The minimum Gasteiger partial charge on any atom is -0.497 e. The van der Waals surface area contributed by atoms with E-state index in [-0.39, 0.29) is 11.8 Å². The maximum absolute atomic E-state index is 13.0. The van der Waals surface area contributed by atoms with Crippen LogP contribution in [0, 0.1) is 0 Å². The first kappa shape index (κ1) is 17.1. The second-order valence-electron chi connectivity index (χ2n) is 7.52. The molecule has 0 bridgehead atoms. The van der Waals surface area contributed by atoms with Gasteiger partial charge in [0.1, 0.15) is 17.0 Å². The van der Waals surface area contributed by atoms with E-state index in [4.69, 9.17) is 9.47 Å². The quantitative estimate of drug-likeness (QED) is 0.815. The van der Waals surface area contributed by atoms with Crippen molar-refractivity contribution in [2.45, 2.75) is 24.8 Å². The fourth-order valence-electron chi connectivity index (χ4n) is 5.41. The molecule has 0 aromatic heterocycles. The molecule has 4 heteroatoms. The third-order valence-electron chi connectivity index (χ3n) is 6.43. The summed E-state index contributed by atoms with van der Waals surface area (Å²) in [5.41, 5.74) is 5.37. The van der Waals surface area contributed by atoms with Gasteiger partial charge < -0.3 is 14.4 Å². The second-order valence-corrected chi connectivity index (χ2v) is 7.52. The van der Waals surface area contributed by atoms with Crippen molar-refractivity contribution in [1.82, 2.24) is 4.90 Å². The molecule has 0 N–H and O–H groups in total. The van der Waals surface area contributed by atoms with Crippen LogP contribution in [0.25, 0.3) is 6.08 Å². The molecule has 3 aliphatic rings. The molecule has 2 atom stereocenters. The Kier molecular flexibility index (Phi) is 3.66. The highest BCUT2D eigenvalue weighted by molar-refractivity contribution is 5.95. The first-order chi connectivity index (χ1) is 13.6. The zero-order valence-electron chi connectivity index (χ0n) is 16.4. The van der Waals surface area contributed by atoms with Gasteiger partial charge in [-0.25, -0.2) is 0 Å². The normalized spacial score (nSPS) is 24.1. The third-order valence-corrected chi connectivity index (χ3v) is 6.43. The molecule has 1 spiro atoms. The molecule has 1 aliphatic heterocycles. The van der Waals surface area contributed by atoms with Crippen LogP contribution in [0.15, 0.2) is 54.1 Å². The Morgan fingerprint density at radius 1 is 1.18 bits per heavy atom. The van der Waals surface area contributed by atoms with E-state index in [2.05, 4.69) is 49.4 Å². The average Bonchev–Trinajstić information content (AvgIpc) is 3.01. The predicted molar refractivity (Wildman–Crippen MR) is 109 cm³/mol. The number of likely N-dealkylation sites (N-methyl/N-ethyl adjacent to an activating group) is 1. The molecule has 2 aromatic rings. The molecule has 0 saturated heterocycles. The molecular formula is C24H23NO3. The highest BCUT2D eigenvalue weighted by atomic mass is 16.5. The van der Waals surface area contributed by atoms with Gasteiger partial charge in [0.15, 0.2) is 0 Å². The molecule has 142 valence electrons. The molecule has 1 heterocycles. The Labute approximate surface area is 165 Å². The topological polar surface area (TPSA) is 38.8 Å². The Hall–Kier alpha value is -3.01. The van der Waals surface area contributed by atoms with Crippen LogP contribution in [0.1, 0.15) is 35.1 Å². The van der Waals surface area contributed by atoms with E-state index in [0.29, 0.717) is 13.0 Å². The molecular weight excluding hydrogens is 350 g/mol. The van der Waals surface area contributed by atoms with Crippen LogP contribution in [0.4, 0.5) is 0 Å². The van der Waals surface area contributed by atoms with Crippen LogP contribution in [0.3, 0.4) is 0 Å². The second kappa shape index (κ2) is 5.99. The lowest BCUT2D eigenvalue weighted by molar-refractivity contribution is -0.129. The number of carbonyl (C=O) groups excluding carboxylic acids is 1. The first-order valence-corrected chi connectivity index (χ1v) is 9.70. The minimum absolute atomic E-state index is 0.00431. The van der Waals surface area contributed by atoms with Crippen molar-refractivity contribution >= 4 is 12.0 Å². The van der Waals surface area contributed by atoms with Crippen LogP contribution in [0.2, 0.25) is 0 Å². The standard InChI is InChI=1S/C24H23NO3/c1-4-25-22(26)13-17-11-16-12-18(27-2)14-21(28-3)23(16)20-10-9-15-7-5-6-8-19(15)24(17,20)25/h5-10,12-14,20H,4,11H2,1-3H3/t20-,24+/m1/s1. The Morgan fingerprint density at radius 3 is 2.75 bits per heavy atom. The van der Waals surface area contributed by atoms with Crippen LogP contribution in [-0.4, -0.2) is 31.6 Å². The number of hydrogen-bond acceptors (Lipinski definition) is 3. The van der Waals surface area contributed by atoms with E-state index in [9.17, 15) is 4.79 Å². The lowest BCUT2D eigenvalue weighted by Crippen LogP contribution is -2.52. The van der Waals surface area contributed by atoms with E-state index in [0.717, 1.165) is 28.2 Å². The van der Waals surface area contributed by atoms with Gasteiger partial charge in [0.25, 0.3) is 0 Å². The van der Waals surface area contributed by atoms with Gasteiger partial charge in [-0.2, -0.15) is 0 Å². The zero-order valence-corrected chi connectivity index (χ0v) is 16.4. The van der Waals surface area contributed by atoms with E-state index in [1.165, 1.54) is 11.1 Å². The van der Waals surface area contributed by atoms with Gasteiger partial charge in [0.05, 0.1) is 14.2 Å². The van der Waals surface area contributed by atoms with Gasteiger partial charge in [-0.1, -0.05) is 36.4 Å². The maximum Gasteiger partial charge on any atom is 0.247 e. The monoisotopic (exact) mass is 373 g/mol. The number of benzene rings is 2. The zero-order chi connectivity index (χ0) is 19.5. The molecule has 0 radical (unpaired) electrons. The number of nitrogens with zero attached hydrogens (tertiary/aromatic N) is 1. The lowest BCUT2D eigenvalue weighted by atomic mass is 9.60. The minimum atomic E-state index is -0.480. The maximum atomic E-state index is 13.0. The van der Waals surface area contributed by atoms with Crippen molar-refractivity contribution in [2.75, 3.05) is 20.8 Å². The van der Waals surface area contributed by atoms with E-state index < -0.39 is 5.54 Å². The Balaban J connectivity index is 1.86. The summed E-state index contributed by atoms with van der Waals surface area (Å²) in [6, 6.07) is 12.4. The van der Waals surface area contributed by atoms with Crippen LogP contribution in [-0.2, 0) is 16.8 Å². The Bertz CT molecular complexity index is 1050. The van der Waals surface area contributed by atoms with E-state index in [1.54, 1.807) is 14.2 Å². The van der Waals surface area contributed by atoms with Crippen LogP contribution >= 0.6 is 0 Å². The fraction of sp³-hybridized carbons (Fsp3) is 0.292. The van der Waals surface area contributed by atoms with Gasteiger partial charge in [-0.05, 0) is 41.7 Å². The molecule has 5 rings (SSSR count). The molecule has 0 saturated carbocycles. The Morgan fingerprint density at radius 2 is 2.00 bits per heavy atom. The van der Waals surface area contributed by atoms with Crippen molar-refractivity contribution in [3.63, 3.8) is 0 Å². The molecule has 28 heavy (non-hydrogen) atoms. The fourth-order valence-corrected chi connectivity index (χ4v) is 5.41. The third kappa shape index (κ3) is 1.98. The number of amides is 1. The average molecular weight is 373 g/mol. The molecule has 2 aliphatic carbocycles. The van der Waals surface area contributed by atoms with Crippen molar-refractivity contribution in [3.05, 3.63) is 76.4 Å². The molecule has 4 nitrogen and oxygen atoms in total. The largest absolute Gasteiger partial charge is 0.497 e. The summed E-state index contributed by atoms with van der Waals surface area (Å²) >= 11 is 0. The van der Waals surface area contributed by atoms with Gasteiger partial charge in [0, 0.05) is 30.2 Å². The summed E-state index contributed by atoms with van der Waals surface area (Å²) in [6.07, 6.45) is 6.98. The highest BCUT2D eigenvalue weighted by Gasteiger charge is 2.57. The predicted octanol–water partition coefficient (Wildman–Crippen LogP) is 4.05. The van der Waals surface area contributed by atoms with Crippen molar-refractivity contribution in [1.29, 1.82) is 0 Å². The number of hydrogen-bond donors (Lipinski definition) is 0. The van der Waals surface area contributed by atoms with Crippen molar-refractivity contribution in [3.8, 4) is 11.5 Å².